The third-order valence-corrected chi connectivity index (χ3v) is 14.8. The number of carbonyl (C=O) groups is 3. The van der Waals surface area contributed by atoms with Gasteiger partial charge < -0.3 is 34.7 Å². The molecule has 6 aromatic rings. The highest BCUT2D eigenvalue weighted by Gasteiger charge is 2.41. The third kappa shape index (κ3) is 12.2. The Labute approximate surface area is 410 Å². The molecular formula is C58H65N5O7. The number of aromatic amines is 1. The van der Waals surface area contributed by atoms with Crippen LogP contribution in [0.5, 0.6) is 11.5 Å². The molecule has 70 heavy (non-hydrogen) atoms. The third-order valence-electron chi connectivity index (χ3n) is 14.8. The number of ether oxygens (including phenoxy) is 2. The fourth-order valence-electron chi connectivity index (χ4n) is 10.7. The number of hydrogen-bond acceptors (Lipinski definition) is 9. The molecule has 9 rings (SSSR count). The lowest BCUT2D eigenvalue weighted by atomic mass is 9.72. The summed E-state index contributed by atoms with van der Waals surface area (Å²) < 4.78 is 12.2. The van der Waals surface area contributed by atoms with E-state index in [0.29, 0.717) is 55.5 Å². The maximum Gasteiger partial charge on any atom is 0.317 e. The van der Waals surface area contributed by atoms with Gasteiger partial charge in [0.25, 0.3) is 11.8 Å². The summed E-state index contributed by atoms with van der Waals surface area (Å²) in [5, 5.41) is 14.5. The molecule has 3 N–H and O–H groups in total. The number of hydrogen-bond donors (Lipinski definition) is 3. The molecule has 364 valence electrons. The van der Waals surface area contributed by atoms with Crippen LogP contribution in [0, 0.1) is 11.3 Å². The van der Waals surface area contributed by atoms with E-state index in [2.05, 4.69) is 39.5 Å². The number of esters is 1. The van der Waals surface area contributed by atoms with Crippen molar-refractivity contribution in [1.29, 1.82) is 0 Å². The molecule has 12 nitrogen and oxygen atoms in total. The van der Waals surface area contributed by atoms with Gasteiger partial charge in [-0.25, -0.2) is 0 Å². The number of fused-ring (bicyclic) bond motifs is 1. The number of phenolic OH excluding ortho intramolecular Hbond substituents is 1. The Balaban J connectivity index is 0.716. The molecule has 0 bridgehead atoms. The summed E-state index contributed by atoms with van der Waals surface area (Å²) in [6.45, 7) is 7.35. The minimum atomic E-state index is -0.626. The van der Waals surface area contributed by atoms with Crippen LogP contribution < -0.4 is 15.6 Å². The minimum absolute atomic E-state index is 0.0296. The van der Waals surface area contributed by atoms with Crippen molar-refractivity contribution < 1.29 is 29.0 Å². The number of nitrogens with one attached hydrogen (secondary N) is 2. The van der Waals surface area contributed by atoms with Gasteiger partial charge in [-0.15, -0.1) is 0 Å². The van der Waals surface area contributed by atoms with Gasteiger partial charge in [0.05, 0.1) is 12.1 Å². The molecule has 1 spiro atoms. The zero-order valence-electron chi connectivity index (χ0n) is 40.0. The lowest BCUT2D eigenvalue weighted by Gasteiger charge is -2.47. The van der Waals surface area contributed by atoms with Crippen molar-refractivity contribution in [3.8, 4) is 11.5 Å². The summed E-state index contributed by atoms with van der Waals surface area (Å²) >= 11 is 0. The quantitative estimate of drug-likeness (QED) is 0.0610. The number of likely N-dealkylation sites (tertiary alicyclic amines) is 3. The second-order valence-electron chi connectivity index (χ2n) is 19.6. The second-order valence-corrected chi connectivity index (χ2v) is 19.6. The van der Waals surface area contributed by atoms with Crippen LogP contribution in [0.2, 0.25) is 0 Å². The molecule has 3 saturated heterocycles. The van der Waals surface area contributed by atoms with Gasteiger partial charge in [0.15, 0.2) is 6.61 Å². The Bertz CT molecular complexity index is 2770. The van der Waals surface area contributed by atoms with Gasteiger partial charge in [0, 0.05) is 49.7 Å². The molecule has 2 amide bonds. The van der Waals surface area contributed by atoms with Gasteiger partial charge in [-0.05, 0) is 153 Å². The van der Waals surface area contributed by atoms with E-state index in [9.17, 15) is 24.3 Å². The van der Waals surface area contributed by atoms with Crippen molar-refractivity contribution in [3.05, 3.63) is 177 Å². The first kappa shape index (κ1) is 48.3. The van der Waals surface area contributed by atoms with Crippen LogP contribution in [-0.4, -0.2) is 108 Å². The van der Waals surface area contributed by atoms with E-state index >= 15 is 0 Å². The number of phenols is 1. The van der Waals surface area contributed by atoms with E-state index in [0.717, 1.165) is 112 Å². The number of piperidine rings is 3. The van der Waals surface area contributed by atoms with Gasteiger partial charge >= 0.3 is 5.97 Å². The Morgan fingerprint density at radius 1 is 0.729 bits per heavy atom. The molecular weight excluding hydrogens is 879 g/mol. The van der Waals surface area contributed by atoms with E-state index in [1.54, 1.807) is 12.1 Å². The number of aromatic hydroxyl groups is 1. The lowest BCUT2D eigenvalue weighted by Crippen LogP contribution is -2.52. The Kier molecular flexibility index (Phi) is 15.7. The van der Waals surface area contributed by atoms with Crippen molar-refractivity contribution in [1.82, 2.24) is 25.0 Å². The van der Waals surface area contributed by atoms with Gasteiger partial charge in [-0.3, -0.25) is 24.1 Å². The van der Waals surface area contributed by atoms with Gasteiger partial charge in [-0.2, -0.15) is 0 Å². The maximum atomic E-state index is 13.9. The van der Waals surface area contributed by atoms with Crippen molar-refractivity contribution in [2.45, 2.75) is 63.8 Å². The largest absolute Gasteiger partial charge is 0.506 e. The molecule has 4 heterocycles. The Morgan fingerprint density at radius 2 is 1.46 bits per heavy atom. The summed E-state index contributed by atoms with van der Waals surface area (Å²) in [7, 11) is 0. The number of amides is 2. The summed E-state index contributed by atoms with van der Waals surface area (Å²) in [6, 6.07) is 42.4. The van der Waals surface area contributed by atoms with Crippen LogP contribution in [-0.2, 0) is 33.7 Å². The van der Waals surface area contributed by atoms with Crippen LogP contribution in [0.25, 0.3) is 10.9 Å². The highest BCUT2D eigenvalue weighted by molar-refractivity contribution is 5.94. The van der Waals surface area contributed by atoms with Crippen LogP contribution in [0.15, 0.2) is 138 Å². The zero-order chi connectivity index (χ0) is 48.3. The predicted molar refractivity (Wildman–Crippen MR) is 272 cm³/mol. The number of H-pyrrole nitrogens is 1. The summed E-state index contributed by atoms with van der Waals surface area (Å²) in [4.78, 5) is 62.1. The van der Waals surface area contributed by atoms with Crippen LogP contribution in [0.4, 0.5) is 0 Å². The van der Waals surface area contributed by atoms with Crippen LogP contribution in [0.1, 0.15) is 82.6 Å². The smallest absolute Gasteiger partial charge is 0.317 e. The fraction of sp³-hybridized carbons (Fsp3) is 0.379. The number of rotatable bonds is 17. The average Bonchev–Trinajstić information content (AvgIpc) is 3.39. The first-order chi connectivity index (χ1) is 34.2. The van der Waals surface area contributed by atoms with Gasteiger partial charge in [-0.1, -0.05) is 91.0 Å². The molecule has 3 aliphatic heterocycles. The standard InChI is InChI=1S/C58H65N5O7/c64-51-21-19-45(50-20-22-52(65)60-55(50)51)24-31-59-30-23-42-15-17-47(18-16-42)56(67)62-35-28-58(29-36-62)27-8-32-63(41-58)53(66)40-69-49-14-7-13-48(37-49)54(46-11-5-2-6-12-46)57(68)70-39-44-25-33-61(34-26-44)38-43-9-3-1-4-10-43/h1-7,9-22,37,44,54,59,64H,8,23-36,38-41H2,(H,60,65). The van der Waals surface area contributed by atoms with Crippen LogP contribution in [0.3, 0.4) is 0 Å². The molecule has 1 aromatic heterocycles. The number of benzene rings is 5. The Morgan fingerprint density at radius 3 is 2.23 bits per heavy atom. The molecule has 12 heteroatoms. The van der Waals surface area contributed by atoms with Crippen molar-refractivity contribution in [2.75, 3.05) is 65.6 Å². The van der Waals surface area contributed by atoms with E-state index in [4.69, 9.17) is 9.47 Å². The molecule has 5 aromatic carbocycles. The van der Waals surface area contributed by atoms with Crippen LogP contribution >= 0.6 is 0 Å². The molecule has 3 fully saturated rings. The van der Waals surface area contributed by atoms with Crippen molar-refractivity contribution >= 4 is 28.7 Å². The second kappa shape index (κ2) is 22.8. The van der Waals surface area contributed by atoms with E-state index in [-0.39, 0.29) is 41.1 Å². The highest BCUT2D eigenvalue weighted by atomic mass is 16.5. The number of carbonyl (C=O) groups excluding carboxylic acids is 3. The fourth-order valence-corrected chi connectivity index (χ4v) is 10.7. The highest BCUT2D eigenvalue weighted by Crippen LogP contribution is 2.40. The van der Waals surface area contributed by atoms with Gasteiger partial charge in [0.2, 0.25) is 5.56 Å². The monoisotopic (exact) mass is 943 g/mol. The average molecular weight is 944 g/mol. The SMILES string of the molecule is O=C(OCC1CCN(Cc2ccccc2)CC1)C(c1ccccc1)c1cccc(OCC(=O)N2CCCC3(CCN(C(=O)c4ccc(CCNCCc5ccc(O)c6[nH]c(=O)ccc56)cc4)CC3)C2)c1. The molecule has 3 aliphatic rings. The molecule has 0 radical (unpaired) electrons. The molecule has 1 unspecified atom stereocenters. The Hall–Kier alpha value is -6.76. The minimum Gasteiger partial charge on any atom is -0.506 e. The van der Waals surface area contributed by atoms with Crippen molar-refractivity contribution in [2.24, 2.45) is 11.3 Å². The first-order valence-corrected chi connectivity index (χ1v) is 25.1. The predicted octanol–water partition coefficient (Wildman–Crippen LogP) is 8.12. The number of pyridine rings is 1. The lowest BCUT2D eigenvalue weighted by molar-refractivity contribution is -0.146. The van der Waals surface area contributed by atoms with E-state index in [1.807, 2.05) is 101 Å². The molecule has 1 atom stereocenters. The molecule has 0 saturated carbocycles. The topological polar surface area (TPSA) is 145 Å². The van der Waals surface area contributed by atoms with E-state index in [1.165, 1.54) is 11.6 Å². The van der Waals surface area contributed by atoms with Crippen molar-refractivity contribution in [3.63, 3.8) is 0 Å². The van der Waals surface area contributed by atoms with E-state index < -0.39 is 5.92 Å². The van der Waals surface area contributed by atoms with Gasteiger partial charge in [0.1, 0.15) is 17.4 Å². The normalized spacial score (nSPS) is 16.8. The molecule has 0 aliphatic carbocycles. The first-order valence-electron chi connectivity index (χ1n) is 25.1. The zero-order valence-corrected chi connectivity index (χ0v) is 40.0. The summed E-state index contributed by atoms with van der Waals surface area (Å²) in [5.74, 6) is -0.0139. The maximum absolute atomic E-state index is 13.9. The summed E-state index contributed by atoms with van der Waals surface area (Å²) in [6.07, 6.45) is 7.17. The summed E-state index contributed by atoms with van der Waals surface area (Å²) in [5.41, 5.74) is 5.99. The number of nitrogens with zero attached hydrogens (tertiary/aromatic N) is 3. The number of aromatic nitrogens is 1.